The topological polar surface area (TPSA) is 131 Å². The lowest BCUT2D eigenvalue weighted by Gasteiger charge is -2.26. The van der Waals surface area contributed by atoms with Gasteiger partial charge in [0.2, 0.25) is 11.8 Å². The number of aromatic nitrogens is 1. The molecular formula is C15H21N3O5. The molecular weight excluding hydrogens is 302 g/mol. The molecule has 0 radical (unpaired) electrons. The summed E-state index contributed by atoms with van der Waals surface area (Å²) in [6.45, 7) is 5.17. The van der Waals surface area contributed by atoms with E-state index in [2.05, 4.69) is 5.32 Å². The van der Waals surface area contributed by atoms with Crippen LogP contribution in [-0.2, 0) is 14.4 Å². The number of carboxylic acids is 1. The predicted octanol–water partition coefficient (Wildman–Crippen LogP) is -0.201. The van der Waals surface area contributed by atoms with Crippen LogP contribution in [-0.4, -0.2) is 33.5 Å². The Kier molecular flexibility index (Phi) is 6.06. The van der Waals surface area contributed by atoms with Crippen molar-refractivity contribution in [1.82, 2.24) is 9.88 Å². The zero-order chi connectivity index (χ0) is 17.7. The van der Waals surface area contributed by atoms with Gasteiger partial charge in [0.15, 0.2) is 0 Å². The monoisotopic (exact) mass is 323 g/mol. The number of nitrogens with zero attached hydrogens (tertiary/aromatic N) is 1. The number of aryl methyl sites for hydroxylation is 1. The average Bonchev–Trinajstić information content (AvgIpc) is 2.40. The van der Waals surface area contributed by atoms with Crippen LogP contribution in [0, 0.1) is 12.8 Å². The first kappa shape index (κ1) is 18.4. The minimum atomic E-state index is -1.43. The normalized spacial score (nSPS) is 13.4. The van der Waals surface area contributed by atoms with Gasteiger partial charge in [0.1, 0.15) is 12.1 Å². The van der Waals surface area contributed by atoms with Crippen LogP contribution >= 0.6 is 0 Å². The molecule has 0 saturated heterocycles. The van der Waals surface area contributed by atoms with Crippen LogP contribution in [0.2, 0.25) is 0 Å². The van der Waals surface area contributed by atoms with Gasteiger partial charge in [-0.2, -0.15) is 0 Å². The number of rotatable bonds is 7. The minimum absolute atomic E-state index is 0.267. The number of nitrogens with two attached hydrogens (primary N) is 1. The molecule has 8 nitrogen and oxygen atoms in total. The maximum atomic E-state index is 12.5. The van der Waals surface area contributed by atoms with E-state index >= 15 is 0 Å². The Balaban J connectivity index is 3.16. The third-order valence-electron chi connectivity index (χ3n) is 3.39. The van der Waals surface area contributed by atoms with Crippen LogP contribution in [0.1, 0.15) is 32.0 Å². The molecule has 2 amide bonds. The van der Waals surface area contributed by atoms with E-state index in [-0.39, 0.29) is 11.5 Å². The van der Waals surface area contributed by atoms with E-state index in [1.807, 2.05) is 0 Å². The molecule has 1 heterocycles. The van der Waals surface area contributed by atoms with Crippen molar-refractivity contribution in [2.24, 2.45) is 11.7 Å². The first-order valence-electron chi connectivity index (χ1n) is 7.14. The smallest absolute Gasteiger partial charge is 0.326 e. The highest BCUT2D eigenvalue weighted by molar-refractivity contribution is 5.89. The molecule has 23 heavy (non-hydrogen) atoms. The van der Waals surface area contributed by atoms with Crippen molar-refractivity contribution in [1.29, 1.82) is 0 Å². The second kappa shape index (κ2) is 7.57. The SMILES string of the molecule is Cc1cccc(=O)n1C(C(=O)NC(CC(N)=O)C(=O)O)C(C)C. The van der Waals surface area contributed by atoms with Crippen molar-refractivity contribution in [2.45, 2.75) is 39.3 Å². The third kappa shape index (κ3) is 4.67. The van der Waals surface area contributed by atoms with E-state index in [0.717, 1.165) is 0 Å². The third-order valence-corrected chi connectivity index (χ3v) is 3.39. The number of primary amides is 1. The standard InChI is InChI=1S/C15H21N3O5/c1-8(2)13(18-9(3)5-4-6-12(18)20)14(21)17-10(15(22)23)7-11(16)19/h4-6,8,10,13H,7H2,1-3H3,(H2,16,19)(H,17,21)(H,22,23). The number of amides is 2. The molecule has 1 aromatic rings. The summed E-state index contributed by atoms with van der Waals surface area (Å²) in [4.78, 5) is 46.7. The number of carboxylic acid groups (broad SMARTS) is 1. The first-order valence-corrected chi connectivity index (χ1v) is 7.14. The van der Waals surface area contributed by atoms with Gasteiger partial charge in [-0.1, -0.05) is 19.9 Å². The summed E-state index contributed by atoms with van der Waals surface area (Å²) >= 11 is 0. The summed E-state index contributed by atoms with van der Waals surface area (Å²) < 4.78 is 1.31. The number of aliphatic carboxylic acids is 1. The first-order chi connectivity index (χ1) is 10.6. The minimum Gasteiger partial charge on any atom is -0.480 e. The van der Waals surface area contributed by atoms with Gasteiger partial charge in [0.25, 0.3) is 5.56 Å². The van der Waals surface area contributed by atoms with E-state index in [4.69, 9.17) is 10.8 Å². The Morgan fingerprint density at radius 3 is 2.35 bits per heavy atom. The second-order valence-corrected chi connectivity index (χ2v) is 5.63. The molecule has 8 heteroatoms. The Hall–Kier alpha value is -2.64. The van der Waals surface area contributed by atoms with Crippen LogP contribution in [0.3, 0.4) is 0 Å². The fourth-order valence-corrected chi connectivity index (χ4v) is 2.34. The number of carbonyl (C=O) groups excluding carboxylic acids is 2. The molecule has 0 fully saturated rings. The van der Waals surface area contributed by atoms with E-state index in [1.165, 1.54) is 10.6 Å². The molecule has 1 rings (SSSR count). The fourth-order valence-electron chi connectivity index (χ4n) is 2.34. The molecule has 4 N–H and O–H groups in total. The summed E-state index contributed by atoms with van der Waals surface area (Å²) in [5.74, 6) is -3.12. The lowest BCUT2D eigenvalue weighted by atomic mass is 10.0. The van der Waals surface area contributed by atoms with Crippen molar-refractivity contribution in [3.05, 3.63) is 34.2 Å². The predicted molar refractivity (Wildman–Crippen MR) is 82.7 cm³/mol. The molecule has 0 aromatic carbocycles. The molecule has 126 valence electrons. The van der Waals surface area contributed by atoms with Gasteiger partial charge in [-0.25, -0.2) is 4.79 Å². The molecule has 2 atom stereocenters. The van der Waals surface area contributed by atoms with Crippen LogP contribution in [0.4, 0.5) is 0 Å². The van der Waals surface area contributed by atoms with Crippen molar-refractivity contribution in [2.75, 3.05) is 0 Å². The van der Waals surface area contributed by atoms with Crippen LogP contribution in [0.25, 0.3) is 0 Å². The Morgan fingerprint density at radius 2 is 1.91 bits per heavy atom. The zero-order valence-corrected chi connectivity index (χ0v) is 13.3. The van der Waals surface area contributed by atoms with Gasteiger partial charge in [-0.05, 0) is 18.9 Å². The van der Waals surface area contributed by atoms with Crippen LogP contribution in [0.15, 0.2) is 23.0 Å². The summed E-state index contributed by atoms with van der Waals surface area (Å²) in [6, 6.07) is 2.27. The summed E-state index contributed by atoms with van der Waals surface area (Å²) in [7, 11) is 0. The molecule has 0 saturated carbocycles. The number of pyridine rings is 1. The van der Waals surface area contributed by atoms with E-state index < -0.39 is 36.3 Å². The maximum absolute atomic E-state index is 12.5. The number of hydrogen-bond donors (Lipinski definition) is 3. The van der Waals surface area contributed by atoms with Crippen molar-refractivity contribution < 1.29 is 19.5 Å². The van der Waals surface area contributed by atoms with E-state index in [0.29, 0.717) is 5.69 Å². The highest BCUT2D eigenvalue weighted by Gasteiger charge is 2.30. The lowest BCUT2D eigenvalue weighted by Crippen LogP contribution is -2.48. The molecule has 0 aliphatic carbocycles. The van der Waals surface area contributed by atoms with Gasteiger partial charge in [-0.15, -0.1) is 0 Å². The fraction of sp³-hybridized carbons (Fsp3) is 0.467. The summed E-state index contributed by atoms with van der Waals surface area (Å²) in [6.07, 6.45) is -0.519. The Bertz CT molecular complexity index is 665. The quantitative estimate of drug-likeness (QED) is 0.639. The van der Waals surface area contributed by atoms with Gasteiger partial charge >= 0.3 is 5.97 Å². The van der Waals surface area contributed by atoms with E-state index in [1.54, 1.807) is 32.9 Å². The lowest BCUT2D eigenvalue weighted by molar-refractivity contribution is -0.144. The highest BCUT2D eigenvalue weighted by atomic mass is 16.4. The van der Waals surface area contributed by atoms with Crippen LogP contribution < -0.4 is 16.6 Å². The Labute approximate surface area is 133 Å². The van der Waals surface area contributed by atoms with Crippen LogP contribution in [0.5, 0.6) is 0 Å². The van der Waals surface area contributed by atoms with Gasteiger partial charge in [-0.3, -0.25) is 14.4 Å². The average molecular weight is 323 g/mol. The Morgan fingerprint density at radius 1 is 1.30 bits per heavy atom. The van der Waals surface area contributed by atoms with Gasteiger partial charge in [0, 0.05) is 11.8 Å². The number of carbonyl (C=O) groups is 3. The van der Waals surface area contributed by atoms with Gasteiger partial charge < -0.3 is 20.7 Å². The zero-order valence-electron chi connectivity index (χ0n) is 13.3. The van der Waals surface area contributed by atoms with Gasteiger partial charge in [0.05, 0.1) is 6.42 Å². The molecule has 1 aromatic heterocycles. The highest BCUT2D eigenvalue weighted by Crippen LogP contribution is 2.18. The number of nitrogens with one attached hydrogen (secondary N) is 1. The molecule has 0 bridgehead atoms. The van der Waals surface area contributed by atoms with E-state index in [9.17, 15) is 19.2 Å². The van der Waals surface area contributed by atoms with Crippen molar-refractivity contribution >= 4 is 17.8 Å². The maximum Gasteiger partial charge on any atom is 0.326 e. The molecule has 0 aliphatic heterocycles. The largest absolute Gasteiger partial charge is 0.480 e. The number of hydrogen-bond acceptors (Lipinski definition) is 4. The molecule has 0 spiro atoms. The summed E-state index contributed by atoms with van der Waals surface area (Å²) in [5.41, 5.74) is 5.21. The second-order valence-electron chi connectivity index (χ2n) is 5.63. The molecule has 2 unspecified atom stereocenters. The van der Waals surface area contributed by atoms with Crippen molar-refractivity contribution in [3.63, 3.8) is 0 Å². The molecule has 0 aliphatic rings. The summed E-state index contributed by atoms with van der Waals surface area (Å²) in [5, 5.41) is 11.4. The van der Waals surface area contributed by atoms with Crippen molar-refractivity contribution in [3.8, 4) is 0 Å².